The van der Waals surface area contributed by atoms with Gasteiger partial charge in [-0.15, -0.1) is 0 Å². The first-order valence-electron chi connectivity index (χ1n) is 8.58. The number of hydrogen-bond donors (Lipinski definition) is 3. The molecule has 0 bridgehead atoms. The molecule has 1 aromatic carbocycles. The van der Waals surface area contributed by atoms with Gasteiger partial charge in [0, 0.05) is 11.6 Å². The van der Waals surface area contributed by atoms with Gasteiger partial charge in [-0.25, -0.2) is 15.0 Å². The van der Waals surface area contributed by atoms with Crippen molar-refractivity contribution in [1.82, 2.24) is 24.5 Å². The van der Waals surface area contributed by atoms with Gasteiger partial charge in [-0.2, -0.15) is 0 Å². The molecular formula is C18H16N6O4. The van der Waals surface area contributed by atoms with Crippen LogP contribution in [0.3, 0.4) is 0 Å². The van der Waals surface area contributed by atoms with Gasteiger partial charge in [-0.1, -0.05) is 6.07 Å². The van der Waals surface area contributed by atoms with Crippen LogP contribution in [-0.2, 0) is 4.74 Å². The Kier molecular flexibility index (Phi) is 3.83. The summed E-state index contributed by atoms with van der Waals surface area (Å²) in [4.78, 5) is 16.4. The Morgan fingerprint density at radius 2 is 1.96 bits per heavy atom. The molecule has 4 heterocycles. The minimum Gasteiger partial charge on any atom is -0.462 e. The highest BCUT2D eigenvalue weighted by Crippen LogP contribution is 2.33. The van der Waals surface area contributed by atoms with Crippen molar-refractivity contribution in [3.05, 3.63) is 49.2 Å². The lowest BCUT2D eigenvalue weighted by molar-refractivity contribution is -0.125. The Bertz CT molecular complexity index is 1170. The Hall–Kier alpha value is -3.34. The quantitative estimate of drug-likeness (QED) is 0.466. The van der Waals surface area contributed by atoms with E-state index in [9.17, 15) is 10.2 Å². The molecule has 1 saturated heterocycles. The molecule has 0 aliphatic carbocycles. The Morgan fingerprint density at radius 1 is 1.07 bits per heavy atom. The molecule has 1 fully saturated rings. The number of nitrogens with two attached hydrogens (primary N) is 1. The lowest BCUT2D eigenvalue weighted by atomic mass is 10.2. The predicted molar refractivity (Wildman–Crippen MR) is 98.0 cm³/mol. The van der Waals surface area contributed by atoms with Crippen molar-refractivity contribution in [2.24, 2.45) is 0 Å². The Morgan fingerprint density at radius 3 is 2.86 bits per heavy atom. The third-order valence-electron chi connectivity index (χ3n) is 4.68. The largest absolute Gasteiger partial charge is 0.462 e. The smallest absolute Gasteiger partial charge is 0.230 e. The number of aromatic nitrogens is 5. The first-order valence-corrected chi connectivity index (χ1v) is 8.58. The number of imidazole rings is 1. The minimum absolute atomic E-state index is 0.217. The van der Waals surface area contributed by atoms with Crippen molar-refractivity contribution in [2.75, 3.05) is 5.73 Å². The minimum atomic E-state index is -1.27. The van der Waals surface area contributed by atoms with E-state index in [1.165, 1.54) is 17.2 Å². The number of pyridine rings is 1. The van der Waals surface area contributed by atoms with Crippen LogP contribution in [0.4, 0.5) is 5.82 Å². The lowest BCUT2D eigenvalue weighted by Crippen LogP contribution is -2.34. The summed E-state index contributed by atoms with van der Waals surface area (Å²) in [7, 11) is 0. The highest BCUT2D eigenvalue weighted by Gasteiger charge is 2.46. The maximum absolute atomic E-state index is 10.5. The van der Waals surface area contributed by atoms with E-state index in [0.717, 1.165) is 10.9 Å². The molecule has 1 aliphatic heterocycles. The summed E-state index contributed by atoms with van der Waals surface area (Å²) in [6, 6.07) is 9.05. The fraction of sp³-hybridized carbons (Fsp3) is 0.222. The number of rotatable bonds is 3. The summed E-state index contributed by atoms with van der Waals surface area (Å²) in [6.45, 7) is 0. The van der Waals surface area contributed by atoms with Gasteiger partial charge >= 0.3 is 0 Å². The van der Waals surface area contributed by atoms with E-state index in [-0.39, 0.29) is 5.82 Å². The van der Waals surface area contributed by atoms with Crippen LogP contribution in [0.25, 0.3) is 22.1 Å². The van der Waals surface area contributed by atoms with Gasteiger partial charge in [0.25, 0.3) is 0 Å². The molecule has 0 spiro atoms. The molecule has 0 saturated carbocycles. The van der Waals surface area contributed by atoms with E-state index in [4.69, 9.17) is 15.2 Å². The topological polar surface area (TPSA) is 141 Å². The van der Waals surface area contributed by atoms with Crippen LogP contribution >= 0.6 is 0 Å². The third-order valence-corrected chi connectivity index (χ3v) is 4.68. The number of anilines is 1. The predicted octanol–water partition coefficient (Wildman–Crippen LogP) is 0.612. The van der Waals surface area contributed by atoms with Gasteiger partial charge < -0.3 is 25.4 Å². The molecule has 10 heteroatoms. The summed E-state index contributed by atoms with van der Waals surface area (Å²) in [5.41, 5.74) is 7.40. The number of ether oxygens (including phenoxy) is 2. The Labute approximate surface area is 158 Å². The van der Waals surface area contributed by atoms with E-state index in [2.05, 4.69) is 19.9 Å². The van der Waals surface area contributed by atoms with Gasteiger partial charge in [-0.05, 0) is 24.3 Å². The molecule has 10 nitrogen and oxygen atoms in total. The molecule has 4 atom stereocenters. The van der Waals surface area contributed by atoms with Gasteiger partial charge in [0.05, 0.1) is 11.8 Å². The molecule has 0 radical (unpaired) electrons. The van der Waals surface area contributed by atoms with Crippen molar-refractivity contribution in [3.63, 3.8) is 0 Å². The zero-order chi connectivity index (χ0) is 19.3. The maximum atomic E-state index is 10.5. The number of hydrogen-bond acceptors (Lipinski definition) is 9. The van der Waals surface area contributed by atoms with Crippen molar-refractivity contribution in [2.45, 2.75) is 24.7 Å². The average Bonchev–Trinajstić information content (AvgIpc) is 3.25. The number of aliphatic hydroxyl groups is 2. The third kappa shape index (κ3) is 2.62. The van der Waals surface area contributed by atoms with Gasteiger partial charge in [0.2, 0.25) is 6.29 Å². The van der Waals surface area contributed by atoms with Crippen LogP contribution in [0.2, 0.25) is 0 Å². The second-order valence-corrected chi connectivity index (χ2v) is 6.43. The van der Waals surface area contributed by atoms with Crippen LogP contribution in [0.5, 0.6) is 5.75 Å². The molecule has 4 aromatic rings. The van der Waals surface area contributed by atoms with Crippen LogP contribution in [0, 0.1) is 0 Å². The molecular weight excluding hydrogens is 364 g/mol. The van der Waals surface area contributed by atoms with Crippen LogP contribution in [0.1, 0.15) is 6.23 Å². The maximum Gasteiger partial charge on any atom is 0.230 e. The highest BCUT2D eigenvalue weighted by atomic mass is 16.7. The van der Waals surface area contributed by atoms with Gasteiger partial charge in [-0.3, -0.25) is 9.55 Å². The number of nitrogens with zero attached hydrogens (tertiary/aromatic N) is 5. The SMILES string of the molecule is Nc1ncnc2c1ncn2C1OC(Oc2ccc3ncccc3c2)C(O)C1O. The van der Waals surface area contributed by atoms with Crippen LogP contribution in [0.15, 0.2) is 49.2 Å². The molecule has 0 amide bonds. The number of nitrogen functional groups attached to an aromatic ring is 1. The molecule has 28 heavy (non-hydrogen) atoms. The van der Waals surface area contributed by atoms with E-state index in [1.54, 1.807) is 18.3 Å². The number of benzene rings is 1. The summed E-state index contributed by atoms with van der Waals surface area (Å²) in [5.74, 6) is 0.703. The molecule has 4 N–H and O–H groups in total. The summed E-state index contributed by atoms with van der Waals surface area (Å²) in [6.07, 6.45) is -0.107. The second kappa shape index (κ2) is 6.37. The normalized spacial score (nSPS) is 24.8. The van der Waals surface area contributed by atoms with Crippen molar-refractivity contribution >= 4 is 27.9 Å². The fourth-order valence-corrected chi connectivity index (χ4v) is 3.27. The summed E-state index contributed by atoms with van der Waals surface area (Å²) < 4.78 is 13.1. The first kappa shape index (κ1) is 16.8. The van der Waals surface area contributed by atoms with E-state index < -0.39 is 24.7 Å². The highest BCUT2D eigenvalue weighted by molar-refractivity contribution is 5.81. The zero-order valence-electron chi connectivity index (χ0n) is 14.5. The number of aliphatic hydroxyl groups excluding tert-OH is 2. The van der Waals surface area contributed by atoms with Crippen LogP contribution in [-0.4, -0.2) is 53.2 Å². The average molecular weight is 380 g/mol. The van der Waals surface area contributed by atoms with Gasteiger partial charge in [0.1, 0.15) is 29.8 Å². The molecule has 5 rings (SSSR count). The van der Waals surface area contributed by atoms with E-state index in [0.29, 0.717) is 16.9 Å². The van der Waals surface area contributed by atoms with E-state index >= 15 is 0 Å². The van der Waals surface area contributed by atoms with Crippen LogP contribution < -0.4 is 10.5 Å². The van der Waals surface area contributed by atoms with E-state index in [1.807, 2.05) is 18.2 Å². The lowest BCUT2D eigenvalue weighted by Gasteiger charge is -2.17. The first-order chi connectivity index (χ1) is 13.6. The summed E-state index contributed by atoms with van der Waals surface area (Å²) >= 11 is 0. The monoisotopic (exact) mass is 380 g/mol. The zero-order valence-corrected chi connectivity index (χ0v) is 14.5. The number of fused-ring (bicyclic) bond motifs is 2. The molecule has 142 valence electrons. The molecule has 3 aromatic heterocycles. The standard InChI is InChI=1S/C18H16N6O4/c19-15-12-16(22-7-21-15)24(8-23-12)17-13(25)14(26)18(28-17)27-10-3-4-11-9(6-10)2-1-5-20-11/h1-8,13-14,17-18,25-26H,(H2,19,21,22). The van der Waals surface area contributed by atoms with Crippen molar-refractivity contribution < 1.29 is 19.7 Å². The second-order valence-electron chi connectivity index (χ2n) is 6.43. The van der Waals surface area contributed by atoms with Gasteiger partial charge in [0.15, 0.2) is 17.7 Å². The Balaban J connectivity index is 1.43. The van der Waals surface area contributed by atoms with Crippen molar-refractivity contribution in [1.29, 1.82) is 0 Å². The summed E-state index contributed by atoms with van der Waals surface area (Å²) in [5, 5.41) is 21.8. The van der Waals surface area contributed by atoms with Crippen molar-refractivity contribution in [3.8, 4) is 5.75 Å². The molecule has 1 aliphatic rings. The molecule has 4 unspecified atom stereocenters. The fourth-order valence-electron chi connectivity index (χ4n) is 3.27.